The number of ether oxygens (including phenoxy) is 1. The van der Waals surface area contributed by atoms with Crippen LogP contribution in [0.4, 0.5) is 4.39 Å². The van der Waals surface area contributed by atoms with Crippen LogP contribution in [0.3, 0.4) is 0 Å². The maximum Gasteiger partial charge on any atom is 0.237 e. The first-order valence-electron chi connectivity index (χ1n) is 7.68. The summed E-state index contributed by atoms with van der Waals surface area (Å²) in [6.45, 7) is 2.91. The predicted molar refractivity (Wildman–Crippen MR) is 84.6 cm³/mol. The molecular weight excluding hydrogens is 299 g/mol. The number of benzene rings is 1. The molecule has 2 heterocycles. The molecule has 2 atom stereocenters. The first kappa shape index (κ1) is 16.0. The van der Waals surface area contributed by atoms with E-state index in [-0.39, 0.29) is 23.9 Å². The molecule has 6 heteroatoms. The number of likely N-dealkylation sites (tertiary alicyclic amines) is 1. The van der Waals surface area contributed by atoms with Crippen LogP contribution in [0.5, 0.6) is 0 Å². The molecule has 1 aromatic carbocycles. The summed E-state index contributed by atoms with van der Waals surface area (Å²) in [7, 11) is 3.58. The van der Waals surface area contributed by atoms with Crippen LogP contribution in [0, 0.1) is 12.7 Å². The number of halogens is 1. The third-order valence-electron chi connectivity index (χ3n) is 4.57. The minimum Gasteiger partial charge on any atom is -0.459 e. The summed E-state index contributed by atoms with van der Waals surface area (Å²) < 4.78 is 24.4. The molecule has 1 aliphatic rings. The lowest BCUT2D eigenvalue weighted by Crippen LogP contribution is -2.41. The lowest BCUT2D eigenvalue weighted by Gasteiger charge is -2.17. The van der Waals surface area contributed by atoms with Crippen molar-refractivity contribution in [2.45, 2.75) is 32.0 Å². The van der Waals surface area contributed by atoms with Crippen molar-refractivity contribution in [3.63, 3.8) is 0 Å². The number of nitrogens with zero attached hydrogens (tertiary/aromatic N) is 1. The van der Waals surface area contributed by atoms with Gasteiger partial charge in [0.1, 0.15) is 17.2 Å². The molecule has 0 unspecified atom stereocenters. The van der Waals surface area contributed by atoms with E-state index in [0.717, 1.165) is 17.5 Å². The highest BCUT2D eigenvalue weighted by molar-refractivity contribution is 5.84. The van der Waals surface area contributed by atoms with Crippen LogP contribution in [0.2, 0.25) is 0 Å². The van der Waals surface area contributed by atoms with Gasteiger partial charge in [-0.15, -0.1) is 0 Å². The zero-order valence-electron chi connectivity index (χ0n) is 13.6. The Morgan fingerprint density at radius 1 is 1.52 bits per heavy atom. The molecule has 1 aliphatic heterocycles. The van der Waals surface area contributed by atoms with Gasteiger partial charge in [0.05, 0.1) is 18.7 Å². The molecule has 0 radical (unpaired) electrons. The molecule has 23 heavy (non-hydrogen) atoms. The second-order valence-electron chi connectivity index (χ2n) is 6.06. The van der Waals surface area contributed by atoms with Crippen LogP contribution >= 0.6 is 0 Å². The Morgan fingerprint density at radius 3 is 3.00 bits per heavy atom. The van der Waals surface area contributed by atoms with E-state index in [0.29, 0.717) is 24.3 Å². The first-order valence-corrected chi connectivity index (χ1v) is 7.68. The van der Waals surface area contributed by atoms with Gasteiger partial charge < -0.3 is 14.5 Å². The molecule has 0 aliphatic carbocycles. The minimum absolute atomic E-state index is 0.0434. The third kappa shape index (κ3) is 3.09. The predicted octanol–water partition coefficient (Wildman–Crippen LogP) is 2.22. The van der Waals surface area contributed by atoms with E-state index in [1.807, 2.05) is 18.9 Å². The number of aryl methyl sites for hydroxylation is 1. The molecule has 1 N–H and O–H groups in total. The van der Waals surface area contributed by atoms with Gasteiger partial charge in [-0.05, 0) is 38.6 Å². The quantitative estimate of drug-likeness (QED) is 0.938. The highest BCUT2D eigenvalue weighted by Gasteiger charge is 2.34. The normalized spacial score (nSPS) is 21.9. The van der Waals surface area contributed by atoms with Crippen LogP contribution in [-0.2, 0) is 16.1 Å². The molecule has 2 aromatic rings. The fourth-order valence-electron chi connectivity index (χ4n) is 3.13. The number of rotatable bonds is 4. The Morgan fingerprint density at radius 2 is 2.30 bits per heavy atom. The standard InChI is InChI=1S/C17H21FN2O3/c1-10-13-6-11(18)4-5-15(13)23-16(10)8-19-17(21)14-7-12(22-3)9-20(14)2/h4-6,12,14H,7-9H2,1-3H3,(H,19,21)/t12-,14-/m0/s1. The van der Waals surface area contributed by atoms with Crippen molar-refractivity contribution in [1.29, 1.82) is 0 Å². The van der Waals surface area contributed by atoms with Crippen LogP contribution < -0.4 is 5.32 Å². The number of hydrogen-bond donors (Lipinski definition) is 1. The van der Waals surface area contributed by atoms with E-state index in [1.165, 1.54) is 12.1 Å². The number of methoxy groups -OCH3 is 1. The topological polar surface area (TPSA) is 54.7 Å². The zero-order chi connectivity index (χ0) is 16.6. The molecule has 1 aromatic heterocycles. The van der Waals surface area contributed by atoms with Gasteiger partial charge in [-0.1, -0.05) is 0 Å². The van der Waals surface area contributed by atoms with Gasteiger partial charge in [0.25, 0.3) is 0 Å². The van der Waals surface area contributed by atoms with E-state index in [4.69, 9.17) is 9.15 Å². The molecule has 0 spiro atoms. The molecule has 1 fully saturated rings. The summed E-state index contributed by atoms with van der Waals surface area (Å²) in [6.07, 6.45) is 0.773. The van der Waals surface area contributed by atoms with E-state index in [2.05, 4.69) is 5.32 Å². The Balaban J connectivity index is 1.69. The average Bonchev–Trinajstić information content (AvgIpc) is 3.06. The van der Waals surface area contributed by atoms with Crippen molar-refractivity contribution in [2.75, 3.05) is 20.7 Å². The molecule has 1 amide bonds. The highest BCUT2D eigenvalue weighted by Crippen LogP contribution is 2.26. The van der Waals surface area contributed by atoms with Crippen LogP contribution in [-0.4, -0.2) is 43.7 Å². The third-order valence-corrected chi connectivity index (χ3v) is 4.57. The summed E-state index contributed by atoms with van der Waals surface area (Å²) in [5.41, 5.74) is 1.49. The van der Waals surface area contributed by atoms with Gasteiger partial charge >= 0.3 is 0 Å². The Kier molecular flexibility index (Phi) is 4.37. The van der Waals surface area contributed by atoms with Gasteiger partial charge in [-0.3, -0.25) is 9.69 Å². The van der Waals surface area contributed by atoms with Crippen LogP contribution in [0.25, 0.3) is 11.0 Å². The fraction of sp³-hybridized carbons (Fsp3) is 0.471. The number of carbonyl (C=O) groups is 1. The highest BCUT2D eigenvalue weighted by atomic mass is 19.1. The number of likely N-dealkylation sites (N-methyl/N-ethyl adjacent to an activating group) is 1. The van der Waals surface area contributed by atoms with Gasteiger partial charge in [0.15, 0.2) is 0 Å². The summed E-state index contributed by atoms with van der Waals surface area (Å²) >= 11 is 0. The van der Waals surface area contributed by atoms with Crippen molar-refractivity contribution < 1.29 is 18.3 Å². The number of hydrogen-bond acceptors (Lipinski definition) is 4. The minimum atomic E-state index is -0.296. The van der Waals surface area contributed by atoms with Crippen molar-refractivity contribution in [3.8, 4) is 0 Å². The molecule has 0 bridgehead atoms. The molecule has 1 saturated heterocycles. The summed E-state index contributed by atoms with van der Waals surface area (Å²) in [5.74, 6) is 0.316. The maximum absolute atomic E-state index is 13.3. The number of nitrogens with one attached hydrogen (secondary N) is 1. The summed E-state index contributed by atoms with van der Waals surface area (Å²) in [4.78, 5) is 14.4. The van der Waals surface area contributed by atoms with Crippen molar-refractivity contribution in [1.82, 2.24) is 10.2 Å². The van der Waals surface area contributed by atoms with Crippen molar-refractivity contribution in [2.24, 2.45) is 0 Å². The Bertz CT molecular complexity index is 728. The van der Waals surface area contributed by atoms with E-state index in [9.17, 15) is 9.18 Å². The second-order valence-corrected chi connectivity index (χ2v) is 6.06. The second kappa shape index (κ2) is 6.29. The van der Waals surface area contributed by atoms with Crippen LogP contribution in [0.15, 0.2) is 22.6 Å². The number of carbonyl (C=O) groups excluding carboxylic acids is 1. The number of furan rings is 1. The van der Waals surface area contributed by atoms with Gasteiger partial charge in [-0.25, -0.2) is 4.39 Å². The molecular formula is C17H21FN2O3. The molecule has 0 saturated carbocycles. The fourth-order valence-corrected chi connectivity index (χ4v) is 3.13. The maximum atomic E-state index is 13.3. The van der Waals surface area contributed by atoms with Crippen molar-refractivity contribution >= 4 is 16.9 Å². The summed E-state index contributed by atoms with van der Waals surface area (Å²) in [6, 6.07) is 4.23. The van der Waals surface area contributed by atoms with Gasteiger partial charge in [-0.2, -0.15) is 0 Å². The number of fused-ring (bicyclic) bond motifs is 1. The van der Waals surface area contributed by atoms with Gasteiger partial charge in [0.2, 0.25) is 5.91 Å². The molecule has 124 valence electrons. The average molecular weight is 320 g/mol. The molecule has 5 nitrogen and oxygen atoms in total. The zero-order valence-corrected chi connectivity index (χ0v) is 13.6. The van der Waals surface area contributed by atoms with E-state index in [1.54, 1.807) is 13.2 Å². The molecule has 3 rings (SSSR count). The first-order chi connectivity index (χ1) is 11.0. The monoisotopic (exact) mass is 320 g/mol. The van der Waals surface area contributed by atoms with Gasteiger partial charge in [0, 0.05) is 24.6 Å². The SMILES string of the molecule is CO[C@H]1C[C@@H](C(=O)NCc2oc3ccc(F)cc3c2C)N(C)C1. The van der Waals surface area contributed by atoms with Crippen LogP contribution in [0.1, 0.15) is 17.7 Å². The van der Waals surface area contributed by atoms with E-state index < -0.39 is 0 Å². The largest absolute Gasteiger partial charge is 0.459 e. The lowest BCUT2D eigenvalue weighted by molar-refractivity contribution is -0.125. The number of amides is 1. The lowest BCUT2D eigenvalue weighted by atomic mass is 10.1. The Hall–Kier alpha value is -1.92. The smallest absolute Gasteiger partial charge is 0.237 e. The summed E-state index contributed by atoms with van der Waals surface area (Å²) in [5, 5.41) is 3.65. The Labute approximate surface area is 134 Å². The van der Waals surface area contributed by atoms with Crippen molar-refractivity contribution in [3.05, 3.63) is 35.3 Å². The van der Waals surface area contributed by atoms with E-state index >= 15 is 0 Å².